The molecule has 8 heteroatoms. The van der Waals surface area contributed by atoms with Gasteiger partial charge >= 0.3 is 0 Å². The molecule has 2 aromatic carbocycles. The monoisotopic (exact) mass is 482 g/mol. The Morgan fingerprint density at radius 3 is 2.26 bits per heavy atom. The van der Waals surface area contributed by atoms with Crippen molar-refractivity contribution in [2.45, 2.75) is 45.2 Å². The topological polar surface area (TPSA) is 58.6 Å². The fraction of sp³-hybridized carbons (Fsp3) is 0.391. The largest absolute Gasteiger partial charge is 0.497 e. The van der Waals surface area contributed by atoms with Gasteiger partial charge < -0.3 is 15.0 Å². The summed E-state index contributed by atoms with van der Waals surface area (Å²) in [5.74, 6) is 1.32. The molecular weight excluding hydrogens is 455 g/mol. The molecule has 0 fully saturated rings. The van der Waals surface area contributed by atoms with Crippen molar-refractivity contribution in [1.82, 2.24) is 10.2 Å². The second kappa shape index (κ2) is 12.2. The van der Waals surface area contributed by atoms with Gasteiger partial charge in [0.05, 0.1) is 22.9 Å². The Labute approximate surface area is 198 Å². The quantitative estimate of drug-likeness (QED) is 0.506. The first kappa shape index (κ1) is 25.4. The van der Waals surface area contributed by atoms with Crippen molar-refractivity contribution >= 4 is 46.8 Å². The minimum Gasteiger partial charge on any atom is -0.497 e. The van der Waals surface area contributed by atoms with Crippen LogP contribution in [0.4, 0.5) is 0 Å². The van der Waals surface area contributed by atoms with Crippen LogP contribution in [-0.2, 0) is 21.9 Å². The molecule has 168 valence electrons. The van der Waals surface area contributed by atoms with Crippen molar-refractivity contribution in [2.75, 3.05) is 12.9 Å². The number of methoxy groups -OCH3 is 1. The van der Waals surface area contributed by atoms with E-state index in [1.165, 1.54) is 11.8 Å². The van der Waals surface area contributed by atoms with E-state index >= 15 is 0 Å². The van der Waals surface area contributed by atoms with E-state index in [0.717, 1.165) is 16.9 Å². The Balaban J connectivity index is 2.08. The van der Waals surface area contributed by atoms with Crippen LogP contribution >= 0.6 is 35.0 Å². The van der Waals surface area contributed by atoms with E-state index in [-0.39, 0.29) is 23.6 Å². The lowest BCUT2D eigenvalue weighted by Gasteiger charge is -2.29. The minimum absolute atomic E-state index is 0.00285. The van der Waals surface area contributed by atoms with Crippen LogP contribution in [0.25, 0.3) is 0 Å². The average molecular weight is 483 g/mol. The fourth-order valence-electron chi connectivity index (χ4n) is 2.88. The lowest BCUT2D eigenvalue weighted by molar-refractivity contribution is -0.138. The lowest BCUT2D eigenvalue weighted by Crippen LogP contribution is -2.49. The highest BCUT2D eigenvalue weighted by atomic mass is 35.5. The number of hydrogen-bond acceptors (Lipinski definition) is 4. The minimum atomic E-state index is -0.595. The Hall–Kier alpha value is -1.89. The highest BCUT2D eigenvalue weighted by Crippen LogP contribution is 2.25. The number of hydrogen-bond donors (Lipinski definition) is 1. The summed E-state index contributed by atoms with van der Waals surface area (Å²) in [6, 6.07) is 12.3. The molecule has 0 aliphatic carbocycles. The average Bonchev–Trinajstić information content (AvgIpc) is 2.73. The number of nitrogens with zero attached hydrogens (tertiary/aromatic N) is 1. The summed E-state index contributed by atoms with van der Waals surface area (Å²) in [6.45, 7) is 5.88. The summed E-state index contributed by atoms with van der Waals surface area (Å²) in [6.07, 6.45) is 0. The van der Waals surface area contributed by atoms with Crippen molar-refractivity contribution in [1.29, 1.82) is 0 Å². The molecule has 2 rings (SSSR count). The molecule has 0 heterocycles. The summed E-state index contributed by atoms with van der Waals surface area (Å²) in [4.78, 5) is 27.3. The Kier molecular flexibility index (Phi) is 10.0. The molecular formula is C23H28Cl2N2O3S. The zero-order chi connectivity index (χ0) is 23.0. The number of carbonyl (C=O) groups is 2. The molecule has 1 N–H and O–H groups in total. The maximum atomic E-state index is 13.1. The van der Waals surface area contributed by atoms with Crippen LogP contribution in [0.15, 0.2) is 42.5 Å². The Morgan fingerprint density at radius 2 is 1.68 bits per heavy atom. The third kappa shape index (κ3) is 7.95. The summed E-state index contributed by atoms with van der Waals surface area (Å²) >= 11 is 13.5. The molecule has 0 aliphatic heterocycles. The van der Waals surface area contributed by atoms with Gasteiger partial charge in [-0.2, -0.15) is 0 Å². The summed E-state index contributed by atoms with van der Waals surface area (Å²) in [7, 11) is 1.61. The molecule has 0 unspecified atom stereocenters. The second-order valence-electron chi connectivity index (χ2n) is 7.45. The predicted octanol–water partition coefficient (Wildman–Crippen LogP) is 5.18. The van der Waals surface area contributed by atoms with E-state index in [0.29, 0.717) is 22.3 Å². The SMILES string of the molecule is COc1ccc(CN(C(=O)CSCc2ccc(Cl)c(Cl)c2)[C@@H](C)C(=O)NC(C)C)cc1. The van der Waals surface area contributed by atoms with Gasteiger partial charge in [-0.05, 0) is 56.2 Å². The van der Waals surface area contributed by atoms with Gasteiger partial charge in [-0.25, -0.2) is 0 Å². The fourth-order valence-corrected chi connectivity index (χ4v) is 4.06. The number of nitrogens with one attached hydrogen (secondary N) is 1. The van der Waals surface area contributed by atoms with Crippen LogP contribution in [0, 0.1) is 0 Å². The van der Waals surface area contributed by atoms with Crippen LogP contribution in [0.5, 0.6) is 5.75 Å². The summed E-state index contributed by atoms with van der Waals surface area (Å²) in [5, 5.41) is 3.88. The molecule has 0 saturated heterocycles. The van der Waals surface area contributed by atoms with Crippen LogP contribution in [0.3, 0.4) is 0 Å². The second-order valence-corrected chi connectivity index (χ2v) is 9.25. The first-order chi connectivity index (χ1) is 14.7. The third-order valence-electron chi connectivity index (χ3n) is 4.59. The third-order valence-corrected chi connectivity index (χ3v) is 6.32. The number of ether oxygens (including phenoxy) is 1. The van der Waals surface area contributed by atoms with Crippen LogP contribution in [-0.4, -0.2) is 41.7 Å². The number of amides is 2. The summed E-state index contributed by atoms with van der Waals surface area (Å²) < 4.78 is 5.20. The first-order valence-corrected chi connectivity index (χ1v) is 11.9. The van der Waals surface area contributed by atoms with E-state index in [9.17, 15) is 9.59 Å². The van der Waals surface area contributed by atoms with Crippen LogP contribution in [0.2, 0.25) is 10.0 Å². The number of carbonyl (C=O) groups excluding carboxylic acids is 2. The molecule has 0 bridgehead atoms. The number of benzene rings is 2. The molecule has 5 nitrogen and oxygen atoms in total. The highest BCUT2D eigenvalue weighted by Gasteiger charge is 2.26. The molecule has 31 heavy (non-hydrogen) atoms. The Bertz CT molecular complexity index is 891. The summed E-state index contributed by atoms with van der Waals surface area (Å²) in [5.41, 5.74) is 1.91. The number of thioether (sulfide) groups is 1. The van der Waals surface area contributed by atoms with E-state index in [1.807, 2.05) is 44.2 Å². The predicted molar refractivity (Wildman–Crippen MR) is 129 cm³/mol. The van der Waals surface area contributed by atoms with Crippen molar-refractivity contribution < 1.29 is 14.3 Å². The van der Waals surface area contributed by atoms with Gasteiger partial charge in [0.25, 0.3) is 0 Å². The normalized spacial score (nSPS) is 11.8. The van der Waals surface area contributed by atoms with Gasteiger partial charge in [-0.1, -0.05) is 41.4 Å². The highest BCUT2D eigenvalue weighted by molar-refractivity contribution is 7.99. The van der Waals surface area contributed by atoms with Gasteiger partial charge in [0.2, 0.25) is 11.8 Å². The number of halogens is 2. The molecule has 1 atom stereocenters. The maximum absolute atomic E-state index is 13.1. The van der Waals surface area contributed by atoms with Crippen LogP contribution < -0.4 is 10.1 Å². The Morgan fingerprint density at radius 1 is 1.03 bits per heavy atom. The van der Waals surface area contributed by atoms with Gasteiger partial charge in [0.15, 0.2) is 0 Å². The van der Waals surface area contributed by atoms with E-state index < -0.39 is 6.04 Å². The van der Waals surface area contributed by atoms with Crippen molar-refractivity contribution in [3.05, 3.63) is 63.6 Å². The van der Waals surface area contributed by atoms with Gasteiger partial charge in [0.1, 0.15) is 11.8 Å². The first-order valence-electron chi connectivity index (χ1n) is 9.95. The standard InChI is InChI=1S/C23H28Cl2N2O3S/c1-15(2)26-23(29)16(3)27(12-17-5-8-19(30-4)9-6-17)22(28)14-31-13-18-7-10-20(24)21(25)11-18/h5-11,15-16H,12-14H2,1-4H3,(H,26,29)/t16-/m0/s1. The van der Waals surface area contributed by atoms with Crippen molar-refractivity contribution in [3.63, 3.8) is 0 Å². The molecule has 0 aromatic heterocycles. The molecule has 0 saturated carbocycles. The number of rotatable bonds is 10. The smallest absolute Gasteiger partial charge is 0.242 e. The van der Waals surface area contributed by atoms with Gasteiger partial charge in [-0.3, -0.25) is 9.59 Å². The zero-order valence-corrected chi connectivity index (χ0v) is 20.5. The van der Waals surface area contributed by atoms with E-state index in [4.69, 9.17) is 27.9 Å². The molecule has 2 aromatic rings. The van der Waals surface area contributed by atoms with Crippen LogP contribution in [0.1, 0.15) is 31.9 Å². The molecule has 2 amide bonds. The van der Waals surface area contributed by atoms with Gasteiger partial charge in [0, 0.05) is 18.3 Å². The van der Waals surface area contributed by atoms with Gasteiger partial charge in [-0.15, -0.1) is 11.8 Å². The molecule has 0 radical (unpaired) electrons. The van der Waals surface area contributed by atoms with Crippen molar-refractivity contribution in [2.24, 2.45) is 0 Å². The molecule has 0 aliphatic rings. The van der Waals surface area contributed by atoms with E-state index in [2.05, 4.69) is 5.32 Å². The lowest BCUT2D eigenvalue weighted by atomic mass is 10.1. The zero-order valence-electron chi connectivity index (χ0n) is 18.2. The maximum Gasteiger partial charge on any atom is 0.242 e. The molecule has 0 spiro atoms. The van der Waals surface area contributed by atoms with Crippen molar-refractivity contribution in [3.8, 4) is 5.75 Å². The van der Waals surface area contributed by atoms with E-state index in [1.54, 1.807) is 31.1 Å².